The number of imidazole rings is 1. The topological polar surface area (TPSA) is 81.8 Å². The molecule has 4 rings (SSSR count). The summed E-state index contributed by atoms with van der Waals surface area (Å²) in [7, 11) is 1.80. The van der Waals surface area contributed by atoms with Crippen LogP contribution in [0.15, 0.2) is 41.3 Å². The summed E-state index contributed by atoms with van der Waals surface area (Å²) in [5.41, 5.74) is 3.35. The zero-order chi connectivity index (χ0) is 24.7. The molecule has 1 fully saturated rings. The van der Waals surface area contributed by atoms with Crippen LogP contribution in [0.25, 0.3) is 11.2 Å². The third kappa shape index (κ3) is 5.08. The molecule has 3 aromatic rings. The summed E-state index contributed by atoms with van der Waals surface area (Å²) in [6, 6.07) is 9.79. The van der Waals surface area contributed by atoms with Crippen molar-refractivity contribution in [2.45, 2.75) is 78.8 Å². The average Bonchev–Trinajstić information content (AvgIpc) is 2.99. The zero-order valence-corrected chi connectivity index (χ0v) is 21.3. The third-order valence-electron chi connectivity index (χ3n) is 7.06. The van der Waals surface area contributed by atoms with E-state index in [1.165, 1.54) is 0 Å². The summed E-state index contributed by atoms with van der Waals surface area (Å²) in [6.07, 6.45) is 4.83. The van der Waals surface area contributed by atoms with Gasteiger partial charge >= 0.3 is 5.69 Å². The first kappa shape index (κ1) is 24.2. The van der Waals surface area contributed by atoms with Crippen molar-refractivity contribution in [3.05, 3.63) is 58.4 Å². The summed E-state index contributed by atoms with van der Waals surface area (Å²) < 4.78 is 3.49. The number of hydrogen-bond acceptors (Lipinski definition) is 4. The van der Waals surface area contributed by atoms with Gasteiger partial charge in [0.05, 0.1) is 11.9 Å². The minimum atomic E-state index is -0.0287. The number of hydrogen-bond donors (Lipinski definition) is 1. The van der Waals surface area contributed by atoms with Crippen molar-refractivity contribution in [2.75, 3.05) is 0 Å². The summed E-state index contributed by atoms with van der Waals surface area (Å²) in [4.78, 5) is 34.9. The highest BCUT2D eigenvalue weighted by atomic mass is 16.2. The van der Waals surface area contributed by atoms with E-state index >= 15 is 0 Å². The number of pyridine rings is 2. The quantitative estimate of drug-likeness (QED) is 0.615. The Balaban J connectivity index is 1.56. The number of aryl methyl sites for hydroxylation is 1. The van der Waals surface area contributed by atoms with Crippen LogP contribution in [0.4, 0.5) is 0 Å². The Morgan fingerprint density at radius 1 is 1.21 bits per heavy atom. The highest BCUT2D eigenvalue weighted by molar-refractivity contribution is 5.78. The highest BCUT2D eigenvalue weighted by Crippen LogP contribution is 2.42. The fourth-order valence-electron chi connectivity index (χ4n) is 5.02. The fraction of sp³-hybridized carbons (Fsp3) is 0.556. The van der Waals surface area contributed by atoms with E-state index in [1.54, 1.807) is 17.8 Å². The average molecular weight is 464 g/mol. The zero-order valence-electron chi connectivity index (χ0n) is 21.3. The summed E-state index contributed by atoms with van der Waals surface area (Å²) in [6.45, 7) is 11.5. The van der Waals surface area contributed by atoms with Crippen molar-refractivity contribution in [3.63, 3.8) is 0 Å². The molecule has 1 amide bonds. The molecule has 1 aliphatic rings. The van der Waals surface area contributed by atoms with Gasteiger partial charge in [-0.05, 0) is 54.4 Å². The van der Waals surface area contributed by atoms with E-state index in [2.05, 4.69) is 51.0 Å². The van der Waals surface area contributed by atoms with Crippen LogP contribution < -0.4 is 11.0 Å². The van der Waals surface area contributed by atoms with Gasteiger partial charge in [0.1, 0.15) is 0 Å². The molecule has 1 aliphatic carbocycles. The van der Waals surface area contributed by atoms with E-state index in [4.69, 9.17) is 4.98 Å². The Bertz CT molecular complexity index is 1230. The van der Waals surface area contributed by atoms with Gasteiger partial charge in [0.15, 0.2) is 5.65 Å². The molecule has 7 nitrogen and oxygen atoms in total. The number of aromatic nitrogens is 4. The van der Waals surface area contributed by atoms with Crippen LogP contribution in [-0.4, -0.2) is 31.1 Å². The van der Waals surface area contributed by atoms with Crippen molar-refractivity contribution in [1.29, 1.82) is 0 Å². The van der Waals surface area contributed by atoms with E-state index in [0.29, 0.717) is 6.54 Å². The first-order valence-corrected chi connectivity index (χ1v) is 12.2. The predicted octanol–water partition coefficient (Wildman–Crippen LogP) is 4.20. The van der Waals surface area contributed by atoms with Crippen LogP contribution in [-0.2, 0) is 24.8 Å². The van der Waals surface area contributed by atoms with Gasteiger partial charge < -0.3 is 5.32 Å². The van der Waals surface area contributed by atoms with E-state index < -0.39 is 0 Å². The first-order valence-electron chi connectivity index (χ1n) is 12.2. The summed E-state index contributed by atoms with van der Waals surface area (Å²) in [5.74, 6) is 0.237. The Morgan fingerprint density at radius 3 is 2.65 bits per heavy atom. The Labute approximate surface area is 201 Å². The lowest BCUT2D eigenvalue weighted by molar-refractivity contribution is -0.122. The molecule has 3 aromatic heterocycles. The molecular weight excluding hydrogens is 426 g/mol. The maximum atomic E-state index is 12.9. The largest absolute Gasteiger partial charge is 0.352 e. The molecule has 7 heteroatoms. The van der Waals surface area contributed by atoms with Crippen molar-refractivity contribution in [1.82, 2.24) is 24.4 Å². The van der Waals surface area contributed by atoms with Crippen LogP contribution in [0.2, 0.25) is 0 Å². The molecule has 34 heavy (non-hydrogen) atoms. The molecule has 0 radical (unpaired) electrons. The van der Waals surface area contributed by atoms with Gasteiger partial charge in [-0.3, -0.25) is 18.9 Å². The lowest BCUT2D eigenvalue weighted by Gasteiger charge is -2.42. The number of fused-ring (bicyclic) bond motifs is 1. The van der Waals surface area contributed by atoms with E-state index in [9.17, 15) is 9.59 Å². The lowest BCUT2D eigenvalue weighted by Crippen LogP contribution is -2.48. The van der Waals surface area contributed by atoms with Crippen LogP contribution in [0.5, 0.6) is 0 Å². The van der Waals surface area contributed by atoms with Gasteiger partial charge in [-0.15, -0.1) is 0 Å². The van der Waals surface area contributed by atoms with Gasteiger partial charge in [0.25, 0.3) is 0 Å². The van der Waals surface area contributed by atoms with E-state index in [1.807, 2.05) is 28.8 Å². The minimum absolute atomic E-state index is 0.00231. The molecule has 0 bridgehead atoms. The smallest absolute Gasteiger partial charge is 0.330 e. The second-order valence-corrected chi connectivity index (χ2v) is 11.6. The number of rotatable bonds is 5. The van der Waals surface area contributed by atoms with Crippen molar-refractivity contribution < 1.29 is 4.79 Å². The highest BCUT2D eigenvalue weighted by Gasteiger charge is 2.38. The molecule has 0 saturated heterocycles. The molecule has 182 valence electrons. The molecule has 0 aliphatic heterocycles. The van der Waals surface area contributed by atoms with Gasteiger partial charge in [-0.2, -0.15) is 0 Å². The van der Waals surface area contributed by atoms with Crippen LogP contribution in [0.1, 0.15) is 71.2 Å². The minimum Gasteiger partial charge on any atom is -0.352 e. The first-order chi connectivity index (χ1) is 15.9. The Morgan fingerprint density at radius 2 is 1.97 bits per heavy atom. The third-order valence-corrected chi connectivity index (χ3v) is 7.06. The van der Waals surface area contributed by atoms with Gasteiger partial charge in [0.2, 0.25) is 5.91 Å². The fourth-order valence-corrected chi connectivity index (χ4v) is 5.02. The van der Waals surface area contributed by atoms with Crippen LogP contribution in [0, 0.1) is 10.8 Å². The summed E-state index contributed by atoms with van der Waals surface area (Å²) in [5, 5.41) is 3.28. The standard InChI is InChI=1S/C27H37N5O2/c1-26(2,3)17-32-21-11-10-20(29-24(21)31(6)25(32)34)18-12-13-27(4,5)22(15-18)30-23(33)16-19-9-7-8-14-28-19/h7-11,14,18,22H,12-13,15-17H2,1-6H3,(H,30,33). The van der Waals surface area contributed by atoms with Crippen molar-refractivity contribution in [2.24, 2.45) is 17.9 Å². The maximum absolute atomic E-state index is 12.9. The molecule has 0 aromatic carbocycles. The molecule has 0 spiro atoms. The van der Waals surface area contributed by atoms with Gasteiger partial charge in [-0.1, -0.05) is 40.7 Å². The number of nitrogens with zero attached hydrogens (tertiary/aromatic N) is 4. The van der Waals surface area contributed by atoms with E-state index in [0.717, 1.165) is 41.8 Å². The van der Waals surface area contributed by atoms with Crippen molar-refractivity contribution in [3.8, 4) is 0 Å². The number of amides is 1. The second-order valence-electron chi connectivity index (χ2n) is 11.6. The normalized spacial score (nSPS) is 20.4. The Kier molecular flexibility index (Phi) is 6.40. The molecular formula is C27H37N5O2. The number of nitrogens with one attached hydrogen (secondary N) is 1. The maximum Gasteiger partial charge on any atom is 0.330 e. The van der Waals surface area contributed by atoms with Crippen molar-refractivity contribution >= 4 is 17.1 Å². The predicted molar refractivity (Wildman–Crippen MR) is 135 cm³/mol. The number of carbonyl (C=O) groups excluding carboxylic acids is 1. The van der Waals surface area contributed by atoms with Crippen LogP contribution in [0.3, 0.4) is 0 Å². The van der Waals surface area contributed by atoms with Gasteiger partial charge in [-0.25, -0.2) is 9.78 Å². The molecule has 3 heterocycles. The summed E-state index contributed by atoms with van der Waals surface area (Å²) >= 11 is 0. The van der Waals surface area contributed by atoms with Crippen LogP contribution >= 0.6 is 0 Å². The molecule has 2 unspecified atom stereocenters. The van der Waals surface area contributed by atoms with Gasteiger partial charge in [0, 0.05) is 43.1 Å². The Hall–Kier alpha value is -2.96. The molecule has 1 saturated carbocycles. The number of carbonyl (C=O) groups is 1. The second kappa shape index (κ2) is 9.01. The molecule has 2 atom stereocenters. The van der Waals surface area contributed by atoms with E-state index in [-0.39, 0.29) is 40.8 Å². The molecule has 1 N–H and O–H groups in total. The SMILES string of the molecule is Cn1c(=O)n(CC(C)(C)C)c2ccc(C3CCC(C)(C)C(NC(=O)Cc4ccccn4)C3)nc21. The monoisotopic (exact) mass is 463 g/mol. The lowest BCUT2D eigenvalue weighted by atomic mass is 9.68.